The normalized spacial score (nSPS) is 10.3. The first-order valence-electron chi connectivity index (χ1n) is 9.39. The van der Waals surface area contributed by atoms with Gasteiger partial charge in [-0.25, -0.2) is 0 Å². The molecular formula is C24H24N2O3. The third-order valence-corrected chi connectivity index (χ3v) is 4.57. The van der Waals surface area contributed by atoms with Crippen molar-refractivity contribution in [3.63, 3.8) is 0 Å². The molecule has 0 spiro atoms. The average Bonchev–Trinajstić information content (AvgIpc) is 2.70. The quantitative estimate of drug-likeness (QED) is 0.632. The molecule has 0 bridgehead atoms. The molecule has 3 aromatic carbocycles. The molecule has 0 aliphatic heterocycles. The number of para-hydroxylation sites is 1. The molecular weight excluding hydrogens is 364 g/mol. The van der Waals surface area contributed by atoms with Gasteiger partial charge in [0, 0.05) is 5.69 Å². The van der Waals surface area contributed by atoms with Gasteiger partial charge in [-0.1, -0.05) is 30.3 Å². The van der Waals surface area contributed by atoms with Crippen LogP contribution in [0.2, 0.25) is 0 Å². The van der Waals surface area contributed by atoms with E-state index in [1.165, 1.54) is 0 Å². The molecule has 0 aliphatic rings. The standard InChI is InChI=1S/C24H24N2O3/c1-16-7-6-8-20(13-16)29-15-23(27)26-22-10-5-4-9-21(22)24(28)25-19-12-11-17(2)18(3)14-19/h4-14H,15H2,1-3H3,(H,25,28)(H,26,27). The van der Waals surface area contributed by atoms with Crippen molar-refractivity contribution in [1.82, 2.24) is 0 Å². The van der Waals surface area contributed by atoms with Gasteiger partial charge in [0.25, 0.3) is 11.8 Å². The van der Waals surface area contributed by atoms with E-state index in [0.717, 1.165) is 16.7 Å². The molecule has 0 aliphatic carbocycles. The van der Waals surface area contributed by atoms with Gasteiger partial charge in [0.15, 0.2) is 6.61 Å². The van der Waals surface area contributed by atoms with E-state index in [1.807, 2.05) is 57.2 Å². The first kappa shape index (κ1) is 20.1. The lowest BCUT2D eigenvalue weighted by Crippen LogP contribution is -2.22. The molecule has 0 fully saturated rings. The Morgan fingerprint density at radius 2 is 1.62 bits per heavy atom. The van der Waals surface area contributed by atoms with Crippen LogP contribution in [0.25, 0.3) is 0 Å². The largest absolute Gasteiger partial charge is 0.484 e. The van der Waals surface area contributed by atoms with Crippen LogP contribution in [0.3, 0.4) is 0 Å². The van der Waals surface area contributed by atoms with Crippen molar-refractivity contribution in [3.8, 4) is 5.75 Å². The molecule has 0 radical (unpaired) electrons. The van der Waals surface area contributed by atoms with Gasteiger partial charge in [-0.3, -0.25) is 9.59 Å². The molecule has 0 heterocycles. The number of rotatable bonds is 6. The SMILES string of the molecule is Cc1cccc(OCC(=O)Nc2ccccc2C(=O)Nc2ccc(C)c(C)c2)c1. The third kappa shape index (κ3) is 5.45. The van der Waals surface area contributed by atoms with E-state index in [9.17, 15) is 9.59 Å². The number of aryl methyl sites for hydroxylation is 3. The summed E-state index contributed by atoms with van der Waals surface area (Å²) in [4.78, 5) is 25.1. The second-order valence-corrected chi connectivity index (χ2v) is 6.95. The second kappa shape index (κ2) is 9.06. The number of amides is 2. The number of ether oxygens (including phenoxy) is 1. The number of benzene rings is 3. The van der Waals surface area contributed by atoms with Gasteiger partial charge in [0.05, 0.1) is 11.3 Å². The van der Waals surface area contributed by atoms with Gasteiger partial charge in [-0.05, 0) is 73.9 Å². The summed E-state index contributed by atoms with van der Waals surface area (Å²) in [6.45, 7) is 5.83. The minimum absolute atomic E-state index is 0.142. The van der Waals surface area contributed by atoms with Crippen molar-refractivity contribution in [2.75, 3.05) is 17.2 Å². The molecule has 5 heteroatoms. The predicted octanol–water partition coefficient (Wildman–Crippen LogP) is 4.88. The van der Waals surface area contributed by atoms with Crippen LogP contribution in [0.4, 0.5) is 11.4 Å². The summed E-state index contributed by atoms with van der Waals surface area (Å²) in [5.74, 6) is 0.00242. The maximum Gasteiger partial charge on any atom is 0.262 e. The van der Waals surface area contributed by atoms with Crippen molar-refractivity contribution >= 4 is 23.2 Å². The van der Waals surface area contributed by atoms with Crippen molar-refractivity contribution in [2.24, 2.45) is 0 Å². The molecule has 0 aromatic heterocycles. The van der Waals surface area contributed by atoms with E-state index < -0.39 is 0 Å². The van der Waals surface area contributed by atoms with Crippen LogP contribution in [0.5, 0.6) is 5.75 Å². The van der Waals surface area contributed by atoms with E-state index in [4.69, 9.17) is 4.74 Å². The number of hydrogen-bond donors (Lipinski definition) is 2. The summed E-state index contributed by atoms with van der Waals surface area (Å²) in [7, 11) is 0. The minimum atomic E-state index is -0.335. The number of carbonyl (C=O) groups is 2. The first-order chi connectivity index (χ1) is 13.9. The highest BCUT2D eigenvalue weighted by Gasteiger charge is 2.14. The highest BCUT2D eigenvalue weighted by atomic mass is 16.5. The Labute approximate surface area is 170 Å². The highest BCUT2D eigenvalue weighted by molar-refractivity contribution is 6.10. The smallest absolute Gasteiger partial charge is 0.262 e. The number of anilines is 2. The zero-order valence-electron chi connectivity index (χ0n) is 16.8. The van der Waals surface area contributed by atoms with Crippen LogP contribution in [-0.4, -0.2) is 18.4 Å². The van der Waals surface area contributed by atoms with Gasteiger partial charge in [-0.15, -0.1) is 0 Å². The fraction of sp³-hybridized carbons (Fsp3) is 0.167. The van der Waals surface area contributed by atoms with Crippen molar-refractivity contribution in [2.45, 2.75) is 20.8 Å². The van der Waals surface area contributed by atoms with Gasteiger partial charge >= 0.3 is 0 Å². The Morgan fingerprint density at radius 1 is 0.828 bits per heavy atom. The molecule has 0 atom stereocenters. The molecule has 3 aromatic rings. The van der Waals surface area contributed by atoms with Crippen molar-refractivity contribution in [1.29, 1.82) is 0 Å². The van der Waals surface area contributed by atoms with Crippen LogP contribution >= 0.6 is 0 Å². The number of carbonyl (C=O) groups excluding carboxylic acids is 2. The average molecular weight is 388 g/mol. The summed E-state index contributed by atoms with van der Waals surface area (Å²) in [6.07, 6.45) is 0. The Balaban J connectivity index is 1.66. The fourth-order valence-corrected chi connectivity index (χ4v) is 2.85. The van der Waals surface area contributed by atoms with Gasteiger partial charge in [-0.2, -0.15) is 0 Å². The maximum atomic E-state index is 12.7. The fourth-order valence-electron chi connectivity index (χ4n) is 2.85. The third-order valence-electron chi connectivity index (χ3n) is 4.57. The Hall–Kier alpha value is -3.60. The Bertz CT molecular complexity index is 1040. The van der Waals surface area contributed by atoms with Gasteiger partial charge in [0.1, 0.15) is 5.75 Å². The minimum Gasteiger partial charge on any atom is -0.484 e. The molecule has 2 N–H and O–H groups in total. The summed E-state index contributed by atoms with van der Waals surface area (Å²) in [6, 6.07) is 20.1. The van der Waals surface area contributed by atoms with E-state index >= 15 is 0 Å². The summed E-state index contributed by atoms with van der Waals surface area (Å²) >= 11 is 0. The molecule has 0 saturated carbocycles. The highest BCUT2D eigenvalue weighted by Crippen LogP contribution is 2.19. The van der Waals surface area contributed by atoms with Gasteiger partial charge in [0.2, 0.25) is 0 Å². The molecule has 2 amide bonds. The Morgan fingerprint density at radius 3 is 2.38 bits per heavy atom. The van der Waals surface area contributed by atoms with Crippen molar-refractivity contribution < 1.29 is 14.3 Å². The van der Waals surface area contributed by atoms with E-state index in [2.05, 4.69) is 10.6 Å². The molecule has 0 unspecified atom stereocenters. The van der Waals surface area contributed by atoms with Crippen LogP contribution in [0, 0.1) is 20.8 Å². The Kier molecular flexibility index (Phi) is 6.29. The summed E-state index contributed by atoms with van der Waals surface area (Å²) < 4.78 is 5.53. The molecule has 0 saturated heterocycles. The molecule has 148 valence electrons. The topological polar surface area (TPSA) is 67.4 Å². The second-order valence-electron chi connectivity index (χ2n) is 6.95. The monoisotopic (exact) mass is 388 g/mol. The molecule has 29 heavy (non-hydrogen) atoms. The zero-order chi connectivity index (χ0) is 20.8. The lowest BCUT2D eigenvalue weighted by atomic mass is 10.1. The van der Waals surface area contributed by atoms with Crippen LogP contribution in [0.15, 0.2) is 66.7 Å². The predicted molar refractivity (Wildman–Crippen MR) is 116 cm³/mol. The van der Waals surface area contributed by atoms with E-state index in [1.54, 1.807) is 30.3 Å². The van der Waals surface area contributed by atoms with Crippen molar-refractivity contribution in [3.05, 3.63) is 89.0 Å². The lowest BCUT2D eigenvalue weighted by molar-refractivity contribution is -0.118. The lowest BCUT2D eigenvalue weighted by Gasteiger charge is -2.13. The summed E-state index contributed by atoms with van der Waals surface area (Å²) in [5, 5.41) is 5.64. The van der Waals surface area contributed by atoms with Crippen LogP contribution in [-0.2, 0) is 4.79 Å². The molecule has 5 nitrogen and oxygen atoms in total. The number of nitrogens with one attached hydrogen (secondary N) is 2. The maximum absolute atomic E-state index is 12.7. The first-order valence-corrected chi connectivity index (χ1v) is 9.39. The molecule has 3 rings (SSSR count). The van der Waals surface area contributed by atoms with E-state index in [0.29, 0.717) is 22.7 Å². The van der Waals surface area contributed by atoms with Crippen LogP contribution in [0.1, 0.15) is 27.0 Å². The van der Waals surface area contributed by atoms with Gasteiger partial charge < -0.3 is 15.4 Å². The van der Waals surface area contributed by atoms with Crippen LogP contribution < -0.4 is 15.4 Å². The zero-order valence-corrected chi connectivity index (χ0v) is 16.8. The summed E-state index contributed by atoms with van der Waals surface area (Å²) in [5.41, 5.74) is 4.83. The number of hydrogen-bond acceptors (Lipinski definition) is 3. The van der Waals surface area contributed by atoms with E-state index in [-0.39, 0.29) is 18.4 Å².